The van der Waals surface area contributed by atoms with Crippen molar-refractivity contribution in [1.29, 1.82) is 0 Å². The van der Waals surface area contributed by atoms with Gasteiger partial charge in [0.25, 0.3) is 5.91 Å². The number of rotatable bonds is 6. The van der Waals surface area contributed by atoms with E-state index in [0.29, 0.717) is 35.1 Å². The molecule has 0 aromatic heterocycles. The smallest absolute Gasteiger partial charge is 0.338 e. The van der Waals surface area contributed by atoms with Crippen molar-refractivity contribution in [2.45, 2.75) is 18.9 Å². The Morgan fingerprint density at radius 3 is 2.70 bits per heavy atom. The van der Waals surface area contributed by atoms with Gasteiger partial charge in [-0.3, -0.25) is 4.79 Å². The lowest BCUT2D eigenvalue weighted by Gasteiger charge is -2.26. The first-order chi connectivity index (χ1) is 14.6. The summed E-state index contributed by atoms with van der Waals surface area (Å²) in [6.07, 6.45) is 1.65. The molecule has 2 aliphatic heterocycles. The molecule has 0 aliphatic carbocycles. The molecule has 0 bridgehead atoms. The summed E-state index contributed by atoms with van der Waals surface area (Å²) in [5.41, 5.74) is 1.18. The highest BCUT2D eigenvalue weighted by atomic mass is 16.7. The molecule has 2 aliphatic rings. The van der Waals surface area contributed by atoms with Crippen molar-refractivity contribution >= 4 is 11.9 Å². The Balaban J connectivity index is 1.43. The van der Waals surface area contributed by atoms with E-state index in [1.807, 2.05) is 18.2 Å². The van der Waals surface area contributed by atoms with Gasteiger partial charge in [-0.1, -0.05) is 0 Å². The monoisotopic (exact) mass is 413 g/mol. The molecule has 0 radical (unpaired) electrons. The zero-order chi connectivity index (χ0) is 21.1. The number of likely N-dealkylation sites (tertiary alicyclic amines) is 1. The van der Waals surface area contributed by atoms with Crippen LogP contribution in [0.2, 0.25) is 0 Å². The summed E-state index contributed by atoms with van der Waals surface area (Å²) in [6, 6.07) is 10.1. The van der Waals surface area contributed by atoms with Crippen LogP contribution in [0.1, 0.15) is 34.8 Å². The van der Waals surface area contributed by atoms with Gasteiger partial charge in [0.15, 0.2) is 18.1 Å². The van der Waals surface area contributed by atoms with Crippen molar-refractivity contribution in [3.8, 4) is 23.0 Å². The van der Waals surface area contributed by atoms with Gasteiger partial charge in [0.1, 0.15) is 11.5 Å². The van der Waals surface area contributed by atoms with Crippen LogP contribution in [0, 0.1) is 0 Å². The van der Waals surface area contributed by atoms with Crippen molar-refractivity contribution in [3.05, 3.63) is 47.5 Å². The minimum atomic E-state index is -0.587. The lowest BCUT2D eigenvalue weighted by atomic mass is 10.0. The molecular weight excluding hydrogens is 390 g/mol. The second-order valence-electron chi connectivity index (χ2n) is 7.00. The molecule has 0 N–H and O–H groups in total. The molecule has 2 heterocycles. The largest absolute Gasteiger partial charge is 0.497 e. The number of fused-ring (bicyclic) bond motifs is 1. The van der Waals surface area contributed by atoms with Gasteiger partial charge < -0.3 is 28.6 Å². The Morgan fingerprint density at radius 1 is 1.07 bits per heavy atom. The number of methoxy groups -OCH3 is 2. The SMILES string of the molecule is COc1ccc(OC)c([C@@H]2CCCN2C(=O)COC(=O)c2ccc3c(c2)OCO3)c1. The van der Waals surface area contributed by atoms with Gasteiger partial charge in [-0.05, 0) is 49.2 Å². The van der Waals surface area contributed by atoms with Crippen molar-refractivity contribution in [2.24, 2.45) is 0 Å². The zero-order valence-electron chi connectivity index (χ0n) is 16.9. The number of hydrogen-bond acceptors (Lipinski definition) is 7. The molecule has 4 rings (SSSR count). The molecule has 0 saturated carbocycles. The molecule has 1 fully saturated rings. The predicted octanol–water partition coefficient (Wildman–Crippen LogP) is 2.95. The van der Waals surface area contributed by atoms with E-state index in [9.17, 15) is 9.59 Å². The molecule has 1 amide bonds. The van der Waals surface area contributed by atoms with E-state index in [1.165, 1.54) is 0 Å². The number of benzene rings is 2. The lowest BCUT2D eigenvalue weighted by Crippen LogP contribution is -2.34. The number of ether oxygens (including phenoxy) is 5. The molecule has 0 unspecified atom stereocenters. The molecule has 2 aromatic rings. The molecule has 2 aromatic carbocycles. The zero-order valence-corrected chi connectivity index (χ0v) is 16.9. The van der Waals surface area contributed by atoms with E-state index in [-0.39, 0.29) is 25.3 Å². The normalized spacial score (nSPS) is 17.0. The third-order valence-electron chi connectivity index (χ3n) is 5.30. The Bertz CT molecular complexity index is 958. The highest BCUT2D eigenvalue weighted by molar-refractivity contribution is 5.92. The van der Waals surface area contributed by atoms with Gasteiger partial charge >= 0.3 is 5.97 Å². The van der Waals surface area contributed by atoms with E-state index in [2.05, 4.69) is 0 Å². The number of carbonyl (C=O) groups excluding carboxylic acids is 2. The molecule has 158 valence electrons. The fourth-order valence-corrected chi connectivity index (χ4v) is 3.81. The molecule has 1 atom stereocenters. The van der Waals surface area contributed by atoms with E-state index in [4.69, 9.17) is 23.7 Å². The van der Waals surface area contributed by atoms with Crippen molar-refractivity contribution in [1.82, 2.24) is 4.90 Å². The number of esters is 1. The summed E-state index contributed by atoms with van der Waals surface area (Å²) in [5, 5.41) is 0. The van der Waals surface area contributed by atoms with Crippen LogP contribution in [-0.2, 0) is 9.53 Å². The number of nitrogens with zero attached hydrogens (tertiary/aromatic N) is 1. The van der Waals surface area contributed by atoms with Crippen LogP contribution in [-0.4, -0.2) is 50.9 Å². The van der Waals surface area contributed by atoms with Crippen LogP contribution in [0.5, 0.6) is 23.0 Å². The number of amides is 1. The minimum Gasteiger partial charge on any atom is -0.497 e. The summed E-state index contributed by atoms with van der Waals surface area (Å²) >= 11 is 0. The maximum Gasteiger partial charge on any atom is 0.338 e. The van der Waals surface area contributed by atoms with Gasteiger partial charge in [0.05, 0.1) is 25.8 Å². The quantitative estimate of drug-likeness (QED) is 0.673. The van der Waals surface area contributed by atoms with Gasteiger partial charge in [-0.15, -0.1) is 0 Å². The van der Waals surface area contributed by atoms with Crippen LogP contribution < -0.4 is 18.9 Å². The first kappa shape index (κ1) is 19.9. The molecular formula is C22H23NO7. The van der Waals surface area contributed by atoms with Crippen LogP contribution >= 0.6 is 0 Å². The third-order valence-corrected chi connectivity index (χ3v) is 5.30. The summed E-state index contributed by atoms with van der Waals surface area (Å²) in [4.78, 5) is 26.9. The molecule has 8 heteroatoms. The average Bonchev–Trinajstić information content (AvgIpc) is 3.45. The Morgan fingerprint density at radius 2 is 1.90 bits per heavy atom. The van der Waals surface area contributed by atoms with Gasteiger partial charge in [0.2, 0.25) is 6.79 Å². The molecule has 0 spiro atoms. The van der Waals surface area contributed by atoms with Gasteiger partial charge in [-0.2, -0.15) is 0 Å². The van der Waals surface area contributed by atoms with Crippen LogP contribution in [0.15, 0.2) is 36.4 Å². The Kier molecular flexibility index (Phi) is 5.65. The molecule has 30 heavy (non-hydrogen) atoms. The minimum absolute atomic E-state index is 0.121. The van der Waals surface area contributed by atoms with E-state index < -0.39 is 5.97 Å². The average molecular weight is 413 g/mol. The predicted molar refractivity (Wildman–Crippen MR) is 106 cm³/mol. The van der Waals surface area contributed by atoms with Crippen LogP contribution in [0.4, 0.5) is 0 Å². The summed E-state index contributed by atoms with van der Waals surface area (Å²) in [7, 11) is 3.19. The second kappa shape index (κ2) is 8.52. The van der Waals surface area contributed by atoms with Gasteiger partial charge in [0, 0.05) is 12.1 Å². The standard InChI is InChI=1S/C22H23NO7/c1-26-15-6-8-18(27-2)16(11-15)17-4-3-9-23(17)21(24)12-28-22(25)14-5-7-19-20(10-14)30-13-29-19/h5-8,10-11,17H,3-4,9,12-13H2,1-2H3/t17-/m0/s1. The first-order valence-corrected chi connectivity index (χ1v) is 9.69. The number of hydrogen-bond donors (Lipinski definition) is 0. The van der Waals surface area contributed by atoms with Crippen LogP contribution in [0.3, 0.4) is 0 Å². The first-order valence-electron chi connectivity index (χ1n) is 9.69. The maximum absolute atomic E-state index is 12.8. The second-order valence-corrected chi connectivity index (χ2v) is 7.00. The summed E-state index contributed by atoms with van der Waals surface area (Å²) in [5.74, 6) is 1.61. The van der Waals surface area contributed by atoms with E-state index >= 15 is 0 Å². The number of carbonyl (C=O) groups is 2. The lowest BCUT2D eigenvalue weighted by molar-refractivity contribution is -0.135. The summed E-state index contributed by atoms with van der Waals surface area (Å²) in [6.45, 7) is 0.373. The fraction of sp³-hybridized carbons (Fsp3) is 0.364. The van der Waals surface area contributed by atoms with Crippen LogP contribution in [0.25, 0.3) is 0 Å². The van der Waals surface area contributed by atoms with Gasteiger partial charge in [-0.25, -0.2) is 4.79 Å². The maximum atomic E-state index is 12.8. The van der Waals surface area contributed by atoms with Crippen molar-refractivity contribution in [3.63, 3.8) is 0 Å². The highest BCUT2D eigenvalue weighted by Gasteiger charge is 2.32. The molecule has 1 saturated heterocycles. The topological polar surface area (TPSA) is 83.5 Å². The van der Waals surface area contributed by atoms with Crippen molar-refractivity contribution in [2.75, 3.05) is 34.2 Å². The van der Waals surface area contributed by atoms with E-state index in [0.717, 1.165) is 18.4 Å². The summed E-state index contributed by atoms with van der Waals surface area (Å²) < 4.78 is 26.6. The molecule has 8 nitrogen and oxygen atoms in total. The Labute approximate surface area is 174 Å². The fourth-order valence-electron chi connectivity index (χ4n) is 3.81. The third kappa shape index (κ3) is 3.85. The van der Waals surface area contributed by atoms with Crippen molar-refractivity contribution < 1.29 is 33.3 Å². The van der Waals surface area contributed by atoms with E-state index in [1.54, 1.807) is 37.3 Å². The Hall–Kier alpha value is -3.42. The highest BCUT2D eigenvalue weighted by Crippen LogP contribution is 2.39.